The number of nitrogens with one attached hydrogen (secondary N) is 1. The molecule has 0 atom stereocenters. The van der Waals surface area contributed by atoms with E-state index in [2.05, 4.69) is 35.8 Å². The Morgan fingerprint density at radius 2 is 2.04 bits per heavy atom. The SMILES string of the molecule is Cc1ccc(/C=N\NC(=O)c2nnn(-c3nonc3N)c2C(C)C)cc1. The number of rotatable bonds is 5. The molecule has 0 aliphatic heterocycles. The first-order valence-electron chi connectivity index (χ1n) is 7.91. The Bertz CT molecular complexity index is 940. The standard InChI is InChI=1S/C16H18N8O2/c1-9(2)13-12(19-23-24(13)15-14(17)21-26-22-15)16(25)20-18-8-11-6-4-10(3)5-7-11/h4-9H,1-3H3,(H2,17,21)(H,20,25)/b18-8-. The molecule has 0 spiro atoms. The van der Waals surface area contributed by atoms with Gasteiger partial charge in [-0.2, -0.15) is 9.78 Å². The van der Waals surface area contributed by atoms with E-state index in [1.54, 1.807) is 6.21 Å². The summed E-state index contributed by atoms with van der Waals surface area (Å²) in [7, 11) is 0. The summed E-state index contributed by atoms with van der Waals surface area (Å²) in [4.78, 5) is 12.5. The molecule has 0 fully saturated rings. The van der Waals surface area contributed by atoms with Crippen LogP contribution in [0.2, 0.25) is 0 Å². The number of hydrazone groups is 1. The van der Waals surface area contributed by atoms with E-state index in [0.29, 0.717) is 5.69 Å². The van der Waals surface area contributed by atoms with Gasteiger partial charge in [0, 0.05) is 0 Å². The third kappa shape index (κ3) is 3.43. The van der Waals surface area contributed by atoms with Gasteiger partial charge in [0.05, 0.1) is 11.9 Å². The Kier molecular flexibility index (Phi) is 4.74. The molecule has 1 amide bonds. The Hall–Kier alpha value is -3.56. The summed E-state index contributed by atoms with van der Waals surface area (Å²) < 4.78 is 5.93. The maximum Gasteiger partial charge on any atom is 0.293 e. The second-order valence-corrected chi connectivity index (χ2v) is 5.97. The number of hydrogen-bond donors (Lipinski definition) is 2. The van der Waals surface area contributed by atoms with E-state index in [1.165, 1.54) is 4.68 Å². The minimum Gasteiger partial charge on any atom is -0.378 e. The highest BCUT2D eigenvalue weighted by Crippen LogP contribution is 2.22. The van der Waals surface area contributed by atoms with E-state index < -0.39 is 5.91 Å². The van der Waals surface area contributed by atoms with Crippen LogP contribution in [0.15, 0.2) is 34.0 Å². The highest BCUT2D eigenvalue weighted by molar-refractivity contribution is 5.94. The molecule has 0 bridgehead atoms. The topological polar surface area (TPSA) is 137 Å². The number of hydrogen-bond acceptors (Lipinski definition) is 8. The van der Waals surface area contributed by atoms with Crippen LogP contribution in [0, 0.1) is 6.92 Å². The second kappa shape index (κ2) is 7.13. The van der Waals surface area contributed by atoms with Gasteiger partial charge >= 0.3 is 0 Å². The number of aromatic nitrogens is 5. The summed E-state index contributed by atoms with van der Waals surface area (Å²) >= 11 is 0. The van der Waals surface area contributed by atoms with Gasteiger partial charge in [0.2, 0.25) is 11.6 Å². The molecule has 2 heterocycles. The van der Waals surface area contributed by atoms with Crippen molar-refractivity contribution in [2.45, 2.75) is 26.7 Å². The molecule has 0 unspecified atom stereocenters. The molecular weight excluding hydrogens is 336 g/mol. The molecule has 0 radical (unpaired) electrons. The van der Waals surface area contributed by atoms with Crippen molar-refractivity contribution in [2.24, 2.45) is 5.10 Å². The fourth-order valence-electron chi connectivity index (χ4n) is 2.33. The lowest BCUT2D eigenvalue weighted by atomic mass is 10.1. The predicted molar refractivity (Wildman–Crippen MR) is 94.0 cm³/mol. The van der Waals surface area contributed by atoms with Crippen molar-refractivity contribution in [3.8, 4) is 5.82 Å². The van der Waals surface area contributed by atoms with Gasteiger partial charge in [0.1, 0.15) is 0 Å². The van der Waals surface area contributed by atoms with Crippen LogP contribution in [-0.4, -0.2) is 37.4 Å². The minimum absolute atomic E-state index is 0.0566. The number of aryl methyl sites for hydroxylation is 1. The largest absolute Gasteiger partial charge is 0.378 e. The van der Waals surface area contributed by atoms with Gasteiger partial charge < -0.3 is 5.73 Å². The van der Waals surface area contributed by atoms with Crippen LogP contribution in [0.25, 0.3) is 5.82 Å². The number of nitrogens with zero attached hydrogens (tertiary/aromatic N) is 6. The quantitative estimate of drug-likeness (QED) is 0.522. The number of carbonyl (C=O) groups excluding carboxylic acids is 1. The van der Waals surface area contributed by atoms with Gasteiger partial charge in [-0.15, -0.1) is 5.10 Å². The predicted octanol–water partition coefficient (Wildman–Crippen LogP) is 1.43. The normalized spacial score (nSPS) is 11.4. The third-order valence-electron chi connectivity index (χ3n) is 3.62. The fraction of sp³-hybridized carbons (Fsp3) is 0.250. The van der Waals surface area contributed by atoms with Crippen LogP contribution < -0.4 is 11.2 Å². The number of anilines is 1. The van der Waals surface area contributed by atoms with E-state index in [4.69, 9.17) is 5.73 Å². The first-order chi connectivity index (χ1) is 12.5. The van der Waals surface area contributed by atoms with Crippen molar-refractivity contribution in [1.29, 1.82) is 0 Å². The fourth-order valence-corrected chi connectivity index (χ4v) is 2.33. The molecule has 1 aromatic carbocycles. The smallest absolute Gasteiger partial charge is 0.293 e. The number of carbonyl (C=O) groups is 1. The van der Waals surface area contributed by atoms with E-state index in [-0.39, 0.29) is 23.2 Å². The molecule has 26 heavy (non-hydrogen) atoms. The molecule has 10 heteroatoms. The lowest BCUT2D eigenvalue weighted by Gasteiger charge is -2.08. The Morgan fingerprint density at radius 1 is 1.31 bits per heavy atom. The molecule has 2 aromatic heterocycles. The first-order valence-corrected chi connectivity index (χ1v) is 7.91. The average molecular weight is 354 g/mol. The Labute approximate surface area is 149 Å². The minimum atomic E-state index is -0.488. The van der Waals surface area contributed by atoms with Crippen LogP contribution in [-0.2, 0) is 0 Å². The number of benzene rings is 1. The molecule has 0 aliphatic carbocycles. The van der Waals surface area contributed by atoms with Crippen molar-refractivity contribution >= 4 is 17.9 Å². The molecule has 3 rings (SSSR count). The van der Waals surface area contributed by atoms with Gasteiger partial charge in [0.25, 0.3) is 5.91 Å². The summed E-state index contributed by atoms with van der Waals surface area (Å²) in [6.07, 6.45) is 1.55. The van der Waals surface area contributed by atoms with E-state index in [1.807, 2.05) is 45.0 Å². The lowest BCUT2D eigenvalue weighted by Crippen LogP contribution is -2.21. The summed E-state index contributed by atoms with van der Waals surface area (Å²) in [6, 6.07) is 7.73. The van der Waals surface area contributed by atoms with Gasteiger partial charge in [-0.1, -0.05) is 48.9 Å². The van der Waals surface area contributed by atoms with Crippen molar-refractivity contribution < 1.29 is 9.42 Å². The van der Waals surface area contributed by atoms with E-state index in [0.717, 1.165) is 11.1 Å². The summed E-state index contributed by atoms with van der Waals surface area (Å²) in [6.45, 7) is 5.78. The summed E-state index contributed by atoms with van der Waals surface area (Å²) in [5.74, 6) is -0.328. The Balaban J connectivity index is 1.82. The van der Waals surface area contributed by atoms with Crippen molar-refractivity contribution in [3.63, 3.8) is 0 Å². The van der Waals surface area contributed by atoms with Crippen molar-refractivity contribution in [2.75, 3.05) is 5.73 Å². The first kappa shape index (κ1) is 17.3. The maximum absolute atomic E-state index is 12.5. The monoisotopic (exact) mass is 354 g/mol. The maximum atomic E-state index is 12.5. The highest BCUT2D eigenvalue weighted by atomic mass is 16.6. The van der Waals surface area contributed by atoms with Gasteiger partial charge in [-0.25, -0.2) is 10.1 Å². The van der Waals surface area contributed by atoms with E-state index in [9.17, 15) is 4.79 Å². The zero-order valence-electron chi connectivity index (χ0n) is 14.5. The molecular formula is C16H18N8O2. The molecule has 3 N–H and O–H groups in total. The zero-order chi connectivity index (χ0) is 18.7. The van der Waals surface area contributed by atoms with E-state index >= 15 is 0 Å². The number of nitrogens with two attached hydrogens (primary N) is 1. The molecule has 0 saturated carbocycles. The molecule has 10 nitrogen and oxygen atoms in total. The second-order valence-electron chi connectivity index (χ2n) is 5.97. The van der Waals surface area contributed by atoms with Crippen LogP contribution in [0.3, 0.4) is 0 Å². The van der Waals surface area contributed by atoms with Crippen molar-refractivity contribution in [3.05, 3.63) is 46.8 Å². The highest BCUT2D eigenvalue weighted by Gasteiger charge is 2.25. The van der Waals surface area contributed by atoms with Crippen LogP contribution in [0.4, 0.5) is 5.82 Å². The average Bonchev–Trinajstić information content (AvgIpc) is 3.22. The molecule has 3 aromatic rings. The zero-order valence-corrected chi connectivity index (χ0v) is 14.5. The van der Waals surface area contributed by atoms with Crippen LogP contribution in [0.1, 0.15) is 47.1 Å². The lowest BCUT2D eigenvalue weighted by molar-refractivity contribution is 0.0948. The van der Waals surface area contributed by atoms with Gasteiger partial charge in [-0.05, 0) is 28.7 Å². The summed E-state index contributed by atoms with van der Waals surface area (Å²) in [5.41, 5.74) is 10.8. The van der Waals surface area contributed by atoms with Gasteiger partial charge in [0.15, 0.2) is 5.69 Å². The molecule has 134 valence electrons. The third-order valence-corrected chi connectivity index (χ3v) is 3.62. The molecule has 0 saturated heterocycles. The molecule has 0 aliphatic rings. The number of nitrogen functional groups attached to an aromatic ring is 1. The Morgan fingerprint density at radius 3 is 2.65 bits per heavy atom. The van der Waals surface area contributed by atoms with Crippen LogP contribution >= 0.6 is 0 Å². The van der Waals surface area contributed by atoms with Crippen molar-refractivity contribution in [1.82, 2.24) is 30.7 Å². The van der Waals surface area contributed by atoms with Gasteiger partial charge in [-0.3, -0.25) is 4.79 Å². The summed E-state index contributed by atoms with van der Waals surface area (Å²) in [5, 5.41) is 19.1. The number of amides is 1. The van der Waals surface area contributed by atoms with Crippen LogP contribution in [0.5, 0.6) is 0 Å².